The summed E-state index contributed by atoms with van der Waals surface area (Å²) >= 11 is 1.54. The third-order valence-electron chi connectivity index (χ3n) is 4.62. The van der Waals surface area contributed by atoms with E-state index >= 15 is 0 Å². The molecule has 3 rings (SSSR count). The van der Waals surface area contributed by atoms with Crippen LogP contribution in [0.5, 0.6) is 0 Å². The fourth-order valence-corrected chi connectivity index (χ4v) is 5.43. The lowest BCUT2D eigenvalue weighted by molar-refractivity contribution is 0.0990. The fourth-order valence-electron chi connectivity index (χ4n) is 3.23. The van der Waals surface area contributed by atoms with Crippen molar-refractivity contribution in [3.8, 4) is 0 Å². The fraction of sp³-hybridized carbons (Fsp3) is 0.350. The van der Waals surface area contributed by atoms with Crippen LogP contribution < -0.4 is 0 Å². The van der Waals surface area contributed by atoms with Crippen molar-refractivity contribution in [2.24, 2.45) is 0 Å². The quantitative estimate of drug-likeness (QED) is 0.553. The highest BCUT2D eigenvalue weighted by atomic mass is 32.2. The smallest absolute Gasteiger partial charge is 0.243 e. The van der Waals surface area contributed by atoms with E-state index in [1.165, 1.54) is 11.8 Å². The minimum atomic E-state index is -3.48. The average Bonchev–Trinajstić information content (AvgIpc) is 2.68. The van der Waals surface area contributed by atoms with Crippen molar-refractivity contribution in [1.82, 2.24) is 4.31 Å². The molecule has 6 heteroatoms. The van der Waals surface area contributed by atoms with Gasteiger partial charge in [0, 0.05) is 30.0 Å². The maximum absolute atomic E-state index is 12.8. The van der Waals surface area contributed by atoms with Gasteiger partial charge in [0.2, 0.25) is 10.0 Å². The Morgan fingerprint density at radius 2 is 1.77 bits per heavy atom. The van der Waals surface area contributed by atoms with E-state index in [1.807, 2.05) is 36.6 Å². The number of benzene rings is 2. The van der Waals surface area contributed by atoms with Crippen molar-refractivity contribution < 1.29 is 13.2 Å². The summed E-state index contributed by atoms with van der Waals surface area (Å²) in [5.74, 6) is 0.00229. The minimum absolute atomic E-state index is 0.00229. The second-order valence-electron chi connectivity index (χ2n) is 6.41. The summed E-state index contributed by atoms with van der Waals surface area (Å²) in [4.78, 5) is 13.9. The SMILES string of the molecule is CSc1ccccc1C(=O)Cc1cccc(S(=O)(=O)N2CCCCC2)c1. The third kappa shape index (κ3) is 4.19. The van der Waals surface area contributed by atoms with Gasteiger partial charge in [0.25, 0.3) is 0 Å². The summed E-state index contributed by atoms with van der Waals surface area (Å²) in [5, 5.41) is 0. The topological polar surface area (TPSA) is 54.5 Å². The molecule has 0 spiro atoms. The van der Waals surface area contributed by atoms with Crippen LogP contribution in [-0.4, -0.2) is 37.9 Å². The second-order valence-corrected chi connectivity index (χ2v) is 9.20. The molecule has 0 bridgehead atoms. The van der Waals surface area contributed by atoms with Gasteiger partial charge in [-0.25, -0.2) is 8.42 Å². The van der Waals surface area contributed by atoms with Gasteiger partial charge in [-0.05, 0) is 42.9 Å². The lowest BCUT2D eigenvalue weighted by Crippen LogP contribution is -2.35. The lowest BCUT2D eigenvalue weighted by atomic mass is 10.0. The molecule has 26 heavy (non-hydrogen) atoms. The molecule has 0 aliphatic carbocycles. The zero-order valence-corrected chi connectivity index (χ0v) is 16.5. The zero-order valence-electron chi connectivity index (χ0n) is 14.8. The van der Waals surface area contributed by atoms with Gasteiger partial charge >= 0.3 is 0 Å². The number of ketones is 1. The molecular formula is C20H23NO3S2. The Bertz CT molecular complexity index is 887. The van der Waals surface area contributed by atoms with Gasteiger partial charge in [-0.1, -0.05) is 36.8 Å². The van der Waals surface area contributed by atoms with Crippen molar-refractivity contribution in [2.45, 2.75) is 35.5 Å². The van der Waals surface area contributed by atoms with Crippen molar-refractivity contribution >= 4 is 27.6 Å². The Hall–Kier alpha value is -1.63. The van der Waals surface area contributed by atoms with Crippen LogP contribution in [0.15, 0.2) is 58.3 Å². The molecule has 0 aromatic heterocycles. The molecule has 4 nitrogen and oxygen atoms in total. The molecule has 1 aliphatic heterocycles. The monoisotopic (exact) mass is 389 g/mol. The summed E-state index contributed by atoms with van der Waals surface area (Å²) in [5.41, 5.74) is 1.41. The molecule has 138 valence electrons. The van der Waals surface area contributed by atoms with E-state index in [1.54, 1.807) is 22.5 Å². The molecule has 1 saturated heterocycles. The maximum atomic E-state index is 12.8. The predicted octanol–water partition coefficient (Wildman–Crippen LogP) is 4.01. The number of rotatable bonds is 6. The molecule has 0 atom stereocenters. The number of carbonyl (C=O) groups excluding carboxylic acids is 1. The molecule has 1 aliphatic rings. The second kappa shape index (κ2) is 8.37. The number of thioether (sulfide) groups is 1. The van der Waals surface area contributed by atoms with Crippen molar-refractivity contribution in [3.63, 3.8) is 0 Å². The van der Waals surface area contributed by atoms with Gasteiger partial charge in [-0.2, -0.15) is 4.31 Å². The van der Waals surface area contributed by atoms with E-state index in [4.69, 9.17) is 0 Å². The normalized spacial score (nSPS) is 15.7. The first kappa shape index (κ1) is 19.1. The standard InChI is InChI=1S/C20H23NO3S2/c1-25-20-11-4-3-10-18(20)19(22)15-16-8-7-9-17(14-16)26(23,24)21-12-5-2-6-13-21/h3-4,7-11,14H,2,5-6,12-13,15H2,1H3. The highest BCUT2D eigenvalue weighted by Crippen LogP contribution is 2.24. The van der Waals surface area contributed by atoms with Crippen LogP contribution in [0.1, 0.15) is 35.2 Å². The third-order valence-corrected chi connectivity index (χ3v) is 7.31. The van der Waals surface area contributed by atoms with Gasteiger partial charge in [-0.3, -0.25) is 4.79 Å². The molecular weight excluding hydrogens is 366 g/mol. The lowest BCUT2D eigenvalue weighted by Gasteiger charge is -2.26. The molecule has 1 fully saturated rings. The van der Waals surface area contributed by atoms with Crippen LogP contribution in [0.2, 0.25) is 0 Å². The van der Waals surface area contributed by atoms with Crippen LogP contribution in [0.25, 0.3) is 0 Å². The van der Waals surface area contributed by atoms with Crippen molar-refractivity contribution in [1.29, 1.82) is 0 Å². The zero-order chi connectivity index (χ0) is 18.6. The van der Waals surface area contributed by atoms with Crippen molar-refractivity contribution in [3.05, 3.63) is 59.7 Å². The Kier molecular flexibility index (Phi) is 6.16. The molecule has 0 radical (unpaired) electrons. The van der Waals surface area contributed by atoms with Gasteiger partial charge in [0.15, 0.2) is 5.78 Å². The van der Waals surface area contributed by atoms with E-state index in [-0.39, 0.29) is 17.1 Å². The molecule has 2 aromatic rings. The summed E-state index contributed by atoms with van der Waals surface area (Å²) in [6, 6.07) is 14.3. The van der Waals surface area contributed by atoms with E-state index in [9.17, 15) is 13.2 Å². The molecule has 1 heterocycles. The number of nitrogens with zero attached hydrogens (tertiary/aromatic N) is 1. The number of sulfonamides is 1. The summed E-state index contributed by atoms with van der Waals surface area (Å²) in [6.45, 7) is 1.15. The predicted molar refractivity (Wildman–Crippen MR) is 105 cm³/mol. The summed E-state index contributed by atoms with van der Waals surface area (Å²) in [6.07, 6.45) is 5.03. The first-order valence-corrected chi connectivity index (χ1v) is 11.4. The van der Waals surface area contributed by atoms with Crippen LogP contribution in [0, 0.1) is 0 Å². The largest absolute Gasteiger partial charge is 0.294 e. The van der Waals surface area contributed by atoms with E-state index in [0.717, 1.165) is 29.7 Å². The minimum Gasteiger partial charge on any atom is -0.294 e. The van der Waals surface area contributed by atoms with Crippen molar-refractivity contribution in [2.75, 3.05) is 19.3 Å². The van der Waals surface area contributed by atoms with E-state index < -0.39 is 10.0 Å². The summed E-state index contributed by atoms with van der Waals surface area (Å²) in [7, 11) is -3.48. The Balaban J connectivity index is 1.82. The highest BCUT2D eigenvalue weighted by Gasteiger charge is 2.26. The highest BCUT2D eigenvalue weighted by molar-refractivity contribution is 7.98. The van der Waals surface area contributed by atoms with Crippen LogP contribution in [0.3, 0.4) is 0 Å². The molecule has 0 amide bonds. The van der Waals surface area contributed by atoms with Crippen LogP contribution in [0.4, 0.5) is 0 Å². The Morgan fingerprint density at radius 1 is 1.04 bits per heavy atom. The van der Waals surface area contributed by atoms with E-state index in [2.05, 4.69) is 0 Å². The molecule has 0 N–H and O–H groups in total. The van der Waals surface area contributed by atoms with Crippen LogP contribution in [-0.2, 0) is 16.4 Å². The number of piperidine rings is 1. The maximum Gasteiger partial charge on any atom is 0.243 e. The van der Waals surface area contributed by atoms with E-state index in [0.29, 0.717) is 18.7 Å². The number of carbonyl (C=O) groups is 1. The summed E-state index contributed by atoms with van der Waals surface area (Å²) < 4.78 is 27.2. The molecule has 0 unspecified atom stereocenters. The number of hydrogen-bond acceptors (Lipinski definition) is 4. The molecule has 2 aromatic carbocycles. The Morgan fingerprint density at radius 3 is 2.50 bits per heavy atom. The Labute approximate surface area is 159 Å². The average molecular weight is 390 g/mol. The van der Waals surface area contributed by atoms with Gasteiger partial charge in [-0.15, -0.1) is 11.8 Å². The number of hydrogen-bond donors (Lipinski definition) is 0. The van der Waals surface area contributed by atoms with Crippen LogP contribution >= 0.6 is 11.8 Å². The van der Waals surface area contributed by atoms with Gasteiger partial charge in [0.1, 0.15) is 0 Å². The van der Waals surface area contributed by atoms with Gasteiger partial charge in [0.05, 0.1) is 4.90 Å². The molecule has 0 saturated carbocycles. The first-order valence-electron chi connectivity index (χ1n) is 8.77. The first-order chi connectivity index (χ1) is 12.5. The number of Topliss-reactive ketones (excluding diaryl/α,β-unsaturated/α-hetero) is 1. The van der Waals surface area contributed by atoms with Gasteiger partial charge < -0.3 is 0 Å².